The summed E-state index contributed by atoms with van der Waals surface area (Å²) in [4.78, 5) is 1.61. The van der Waals surface area contributed by atoms with Gasteiger partial charge in [-0.3, -0.25) is 0 Å². The summed E-state index contributed by atoms with van der Waals surface area (Å²) in [5.74, 6) is -0.00329. The van der Waals surface area contributed by atoms with Gasteiger partial charge in [0.1, 0.15) is 5.84 Å². The van der Waals surface area contributed by atoms with Gasteiger partial charge < -0.3 is 9.64 Å². The highest BCUT2D eigenvalue weighted by Crippen LogP contribution is 2.43. The van der Waals surface area contributed by atoms with Crippen LogP contribution in [-0.2, 0) is 9.84 Å². The summed E-state index contributed by atoms with van der Waals surface area (Å²) in [7, 11) is -3.01. The fourth-order valence-corrected chi connectivity index (χ4v) is 3.83. The van der Waals surface area contributed by atoms with Crippen molar-refractivity contribution in [2.75, 3.05) is 24.8 Å². The monoisotopic (exact) mass is 492 g/mol. The molecule has 0 aromatic heterocycles. The molecule has 1 atom stereocenters. The van der Waals surface area contributed by atoms with Crippen LogP contribution in [0.3, 0.4) is 0 Å². The molecule has 10 heteroatoms. The smallest absolute Gasteiger partial charge is 0.429 e. The summed E-state index contributed by atoms with van der Waals surface area (Å²) in [5.41, 5.74) is 0.475. The molecule has 0 saturated heterocycles. The molecule has 3 rings (SSSR count). The molecule has 0 saturated carbocycles. The van der Waals surface area contributed by atoms with Crippen molar-refractivity contribution in [3.8, 4) is 5.75 Å². The Morgan fingerprint density at radius 1 is 0.970 bits per heavy atom. The molecule has 186 valence electrons. The van der Waals surface area contributed by atoms with Crippen LogP contribution in [-0.4, -0.2) is 45.2 Å². The number of hydrogen-bond acceptors (Lipinski definition) is 5. The van der Waals surface area contributed by atoms with E-state index in [9.17, 15) is 26.0 Å². The number of anilines is 1. The standard InChI is InChI=1S/C12H13F3N2O2S.C7H7FO.2C2H6/c1-9-16-11(12(13,14)15,20(2,18)19)8-17(9)10-6-4-3-5-7-10;1-9-7-5-3-2-4-6(7)8;2*1-2/h3-7H,8H2,1-2H3;2-5H,1H3;2*1-2H3. The van der Waals surface area contributed by atoms with Crippen LogP contribution in [0.4, 0.5) is 23.2 Å². The van der Waals surface area contributed by atoms with E-state index < -0.39 is 27.4 Å². The first-order valence-electron chi connectivity index (χ1n) is 10.4. The van der Waals surface area contributed by atoms with E-state index in [1.54, 1.807) is 48.5 Å². The predicted octanol–water partition coefficient (Wildman–Crippen LogP) is 6.11. The molecule has 0 amide bonds. The third-order valence-corrected chi connectivity index (χ3v) is 5.96. The maximum absolute atomic E-state index is 13.3. The highest BCUT2D eigenvalue weighted by atomic mass is 32.2. The fraction of sp³-hybridized carbons (Fsp3) is 0.435. The van der Waals surface area contributed by atoms with Gasteiger partial charge in [0.25, 0.3) is 4.87 Å². The number of alkyl halides is 3. The summed E-state index contributed by atoms with van der Waals surface area (Å²) in [5, 5.41) is 0. The number of halogens is 4. The first kappa shape index (κ1) is 30.4. The van der Waals surface area contributed by atoms with Crippen LogP contribution in [0.15, 0.2) is 59.6 Å². The molecule has 0 spiro atoms. The number of methoxy groups -OCH3 is 1. The molecule has 1 unspecified atom stereocenters. The van der Waals surface area contributed by atoms with Gasteiger partial charge in [0.05, 0.1) is 13.7 Å². The normalized spacial score (nSPS) is 17.3. The molecule has 0 aliphatic carbocycles. The maximum Gasteiger partial charge on any atom is 0.429 e. The highest BCUT2D eigenvalue weighted by molar-refractivity contribution is 7.92. The number of amidine groups is 1. The summed E-state index contributed by atoms with van der Waals surface area (Å²) < 4.78 is 80.3. The molecule has 1 aliphatic heterocycles. The van der Waals surface area contributed by atoms with Crippen molar-refractivity contribution in [2.24, 2.45) is 4.99 Å². The minimum Gasteiger partial charge on any atom is -0.494 e. The van der Waals surface area contributed by atoms with Crippen LogP contribution >= 0.6 is 0 Å². The average Bonchev–Trinajstić information content (AvgIpc) is 3.17. The van der Waals surface area contributed by atoms with Crippen LogP contribution in [0.25, 0.3) is 0 Å². The molecule has 33 heavy (non-hydrogen) atoms. The lowest BCUT2D eigenvalue weighted by Gasteiger charge is -2.28. The van der Waals surface area contributed by atoms with Crippen molar-refractivity contribution in [3.63, 3.8) is 0 Å². The van der Waals surface area contributed by atoms with Gasteiger partial charge in [0.2, 0.25) is 0 Å². The van der Waals surface area contributed by atoms with Crippen LogP contribution in [0.2, 0.25) is 0 Å². The quantitative estimate of drug-likeness (QED) is 0.485. The van der Waals surface area contributed by atoms with E-state index in [1.165, 1.54) is 25.0 Å². The minimum atomic E-state index is -4.97. The number of para-hydroxylation sites is 2. The summed E-state index contributed by atoms with van der Waals surface area (Å²) >= 11 is 0. The number of hydrogen-bond donors (Lipinski definition) is 0. The Bertz CT molecular complexity index is 981. The average molecular weight is 493 g/mol. The Labute approximate surface area is 194 Å². The van der Waals surface area contributed by atoms with Crippen molar-refractivity contribution in [1.29, 1.82) is 0 Å². The van der Waals surface area contributed by atoms with Crippen molar-refractivity contribution in [1.82, 2.24) is 0 Å². The number of rotatable bonds is 3. The maximum atomic E-state index is 13.3. The number of benzene rings is 2. The Balaban J connectivity index is 0.000000658. The van der Waals surface area contributed by atoms with E-state index in [2.05, 4.69) is 9.73 Å². The van der Waals surface area contributed by atoms with Gasteiger partial charge in [-0.05, 0) is 31.2 Å². The first-order valence-corrected chi connectivity index (χ1v) is 12.3. The van der Waals surface area contributed by atoms with Crippen molar-refractivity contribution < 1.29 is 30.7 Å². The zero-order valence-corrected chi connectivity index (χ0v) is 20.8. The lowest BCUT2D eigenvalue weighted by atomic mass is 10.2. The number of sulfone groups is 1. The second-order valence-corrected chi connectivity index (χ2v) is 8.49. The van der Waals surface area contributed by atoms with E-state index in [1.807, 2.05) is 27.7 Å². The lowest BCUT2D eigenvalue weighted by Crippen LogP contribution is -2.53. The van der Waals surface area contributed by atoms with E-state index in [4.69, 9.17) is 0 Å². The van der Waals surface area contributed by atoms with Crippen molar-refractivity contribution in [3.05, 3.63) is 60.4 Å². The van der Waals surface area contributed by atoms with Crippen LogP contribution < -0.4 is 9.64 Å². The van der Waals surface area contributed by atoms with Gasteiger partial charge in [-0.25, -0.2) is 17.8 Å². The number of aliphatic imine (C=N–C) groups is 1. The number of nitrogens with zero attached hydrogens (tertiary/aromatic N) is 2. The third-order valence-electron chi connectivity index (χ3n) is 4.29. The lowest BCUT2D eigenvalue weighted by molar-refractivity contribution is -0.155. The first-order chi connectivity index (χ1) is 15.4. The molecular weight excluding hydrogens is 460 g/mol. The molecule has 5 nitrogen and oxygen atoms in total. The molecule has 0 radical (unpaired) electrons. The molecule has 1 heterocycles. The minimum absolute atomic E-state index is 0.0268. The summed E-state index contributed by atoms with van der Waals surface area (Å²) in [6, 6.07) is 14.5. The van der Waals surface area contributed by atoms with Gasteiger partial charge in [-0.15, -0.1) is 0 Å². The summed E-state index contributed by atoms with van der Waals surface area (Å²) in [6.07, 6.45) is -4.41. The molecule has 0 fully saturated rings. The second kappa shape index (κ2) is 13.2. The van der Waals surface area contributed by atoms with Crippen LogP contribution in [0, 0.1) is 5.82 Å². The molecule has 2 aromatic rings. The second-order valence-electron chi connectivity index (χ2n) is 6.27. The summed E-state index contributed by atoms with van der Waals surface area (Å²) in [6.45, 7) is 8.61. The van der Waals surface area contributed by atoms with Crippen LogP contribution in [0.1, 0.15) is 34.6 Å². The topological polar surface area (TPSA) is 59.0 Å². The van der Waals surface area contributed by atoms with Gasteiger partial charge >= 0.3 is 6.18 Å². The fourth-order valence-electron chi connectivity index (χ4n) is 2.75. The van der Waals surface area contributed by atoms with Gasteiger partial charge in [0.15, 0.2) is 21.4 Å². The molecule has 0 N–H and O–H groups in total. The van der Waals surface area contributed by atoms with E-state index >= 15 is 0 Å². The Kier molecular flexibility index (Phi) is 12.1. The Hall–Kier alpha value is -2.62. The van der Waals surface area contributed by atoms with Crippen molar-refractivity contribution >= 4 is 21.4 Å². The zero-order chi connectivity index (χ0) is 25.9. The van der Waals surface area contributed by atoms with E-state index in [0.717, 1.165) is 0 Å². The van der Waals surface area contributed by atoms with E-state index in [-0.39, 0.29) is 17.4 Å². The predicted molar refractivity (Wildman–Crippen MR) is 126 cm³/mol. The zero-order valence-electron chi connectivity index (χ0n) is 19.9. The SMILES string of the molecule is CC.CC.CC1=NC(C(F)(F)F)(S(C)(=O)=O)CN1c1ccccc1.COc1ccccc1F. The third kappa shape index (κ3) is 7.45. The van der Waals surface area contributed by atoms with Crippen LogP contribution in [0.5, 0.6) is 5.75 Å². The molecule has 2 aromatic carbocycles. The Morgan fingerprint density at radius 3 is 1.82 bits per heavy atom. The van der Waals surface area contributed by atoms with Gasteiger partial charge in [-0.2, -0.15) is 13.2 Å². The van der Waals surface area contributed by atoms with Gasteiger partial charge in [0, 0.05) is 11.9 Å². The molecule has 1 aliphatic rings. The van der Waals surface area contributed by atoms with Crippen molar-refractivity contribution in [2.45, 2.75) is 45.7 Å². The molecular formula is C23H32F4N2O3S. The Morgan fingerprint density at radius 2 is 1.45 bits per heavy atom. The highest BCUT2D eigenvalue weighted by Gasteiger charge is 2.66. The van der Waals surface area contributed by atoms with E-state index in [0.29, 0.717) is 11.9 Å². The van der Waals surface area contributed by atoms with Gasteiger partial charge in [-0.1, -0.05) is 58.0 Å². The molecule has 0 bridgehead atoms. The largest absolute Gasteiger partial charge is 0.494 e. The number of ether oxygens (including phenoxy) is 1.